The van der Waals surface area contributed by atoms with Gasteiger partial charge in [-0.05, 0) is 51.3 Å². The summed E-state index contributed by atoms with van der Waals surface area (Å²) in [6.07, 6.45) is -4.81. The average Bonchev–Trinajstić information content (AvgIpc) is 3.09. The molecule has 0 aliphatic heterocycles. The van der Waals surface area contributed by atoms with E-state index in [0.717, 1.165) is 0 Å². The maximum atomic E-state index is 13.4. The molecule has 1 aliphatic carbocycles. The Balaban J connectivity index is 1.82. The Kier molecular flexibility index (Phi) is 5.37. The summed E-state index contributed by atoms with van der Waals surface area (Å²) >= 11 is 3.43. The molecule has 0 atom stereocenters. The number of aliphatic hydroxyl groups is 1. The summed E-state index contributed by atoms with van der Waals surface area (Å²) in [6.45, 7) is 7.45. The van der Waals surface area contributed by atoms with Crippen LogP contribution in [0.15, 0.2) is 47.0 Å². The number of ketones is 1. The molecule has 32 heavy (non-hydrogen) atoms. The van der Waals surface area contributed by atoms with Crippen molar-refractivity contribution in [3.05, 3.63) is 69.3 Å². The quantitative estimate of drug-likeness (QED) is 0.437. The van der Waals surface area contributed by atoms with Gasteiger partial charge in [-0.2, -0.15) is 0 Å². The topological polar surface area (TPSA) is 71.5 Å². The van der Waals surface area contributed by atoms with Crippen LogP contribution in [0.1, 0.15) is 41.0 Å². The number of hydrogen-bond donors (Lipinski definition) is 2. The summed E-state index contributed by atoms with van der Waals surface area (Å²) < 4.78 is 48.2. The Morgan fingerprint density at radius 3 is 2.62 bits per heavy atom. The second kappa shape index (κ2) is 7.67. The van der Waals surface area contributed by atoms with Crippen LogP contribution in [0, 0.1) is 0 Å². The molecule has 0 amide bonds. The van der Waals surface area contributed by atoms with E-state index in [0.29, 0.717) is 49.1 Å². The van der Waals surface area contributed by atoms with Gasteiger partial charge in [-0.25, -0.2) is 0 Å². The molecule has 3 aromatic rings. The molecule has 0 saturated carbocycles. The fourth-order valence-corrected chi connectivity index (χ4v) is 4.40. The standard InChI is InChI=1S/C23H19BrF3NO4/c1-11(9-29)10-31-18-8-15-14(7-16(18)24)20(30)19-13-5-4-12(32-23(25,26)27)6-17(13)28-21(19)22(15,2)3/h4-8,28-29H,1,9-10H2,2-3H3. The third kappa shape index (κ3) is 3.80. The van der Waals surface area contributed by atoms with Gasteiger partial charge in [0.25, 0.3) is 0 Å². The molecule has 2 aromatic carbocycles. The van der Waals surface area contributed by atoms with Crippen molar-refractivity contribution in [3.8, 4) is 11.5 Å². The molecule has 0 bridgehead atoms. The van der Waals surface area contributed by atoms with Gasteiger partial charge >= 0.3 is 6.36 Å². The van der Waals surface area contributed by atoms with Crippen LogP contribution in [0.25, 0.3) is 10.9 Å². The second-order valence-electron chi connectivity index (χ2n) is 8.11. The molecule has 1 heterocycles. The number of halogens is 4. The first kappa shape index (κ1) is 22.4. The summed E-state index contributed by atoms with van der Waals surface area (Å²) in [7, 11) is 0. The Hall–Kier alpha value is -2.78. The van der Waals surface area contributed by atoms with Gasteiger partial charge < -0.3 is 19.6 Å². The summed E-state index contributed by atoms with van der Waals surface area (Å²) in [6, 6.07) is 7.33. The zero-order chi connectivity index (χ0) is 23.4. The maximum absolute atomic E-state index is 13.4. The van der Waals surface area contributed by atoms with Gasteiger partial charge in [0.2, 0.25) is 0 Å². The molecule has 0 radical (unpaired) electrons. The zero-order valence-electron chi connectivity index (χ0n) is 17.2. The molecule has 168 valence electrons. The van der Waals surface area contributed by atoms with E-state index in [1.807, 2.05) is 13.8 Å². The molecule has 4 rings (SSSR count). The number of aliphatic hydroxyl groups excluding tert-OH is 1. The SMILES string of the molecule is C=C(CO)COc1cc2c(cc1Br)C(=O)c1c([nH]c3cc(OC(F)(F)F)ccc13)C2(C)C. The second-order valence-corrected chi connectivity index (χ2v) is 8.96. The fraction of sp³-hybridized carbons (Fsp3) is 0.261. The van der Waals surface area contributed by atoms with E-state index < -0.39 is 11.8 Å². The normalized spacial score (nSPS) is 14.8. The highest BCUT2D eigenvalue weighted by Gasteiger charge is 2.40. The summed E-state index contributed by atoms with van der Waals surface area (Å²) in [4.78, 5) is 16.5. The number of benzene rings is 2. The zero-order valence-corrected chi connectivity index (χ0v) is 18.8. The lowest BCUT2D eigenvalue weighted by molar-refractivity contribution is -0.274. The largest absolute Gasteiger partial charge is 0.573 e. The highest BCUT2D eigenvalue weighted by molar-refractivity contribution is 9.10. The van der Waals surface area contributed by atoms with Crippen molar-refractivity contribution >= 4 is 32.6 Å². The van der Waals surface area contributed by atoms with Crippen LogP contribution in [0.3, 0.4) is 0 Å². The number of aromatic amines is 1. The lowest BCUT2D eigenvalue weighted by atomic mass is 9.71. The van der Waals surface area contributed by atoms with Crippen molar-refractivity contribution in [3.63, 3.8) is 0 Å². The van der Waals surface area contributed by atoms with E-state index in [9.17, 15) is 18.0 Å². The Morgan fingerprint density at radius 1 is 1.25 bits per heavy atom. The predicted octanol–water partition coefficient (Wildman–Crippen LogP) is 5.63. The van der Waals surface area contributed by atoms with Gasteiger partial charge in [0.1, 0.15) is 18.1 Å². The minimum Gasteiger partial charge on any atom is -0.488 e. The van der Waals surface area contributed by atoms with Gasteiger partial charge in [0, 0.05) is 28.1 Å². The number of carbonyl (C=O) groups is 1. The number of ether oxygens (including phenoxy) is 2. The number of aromatic nitrogens is 1. The fourth-order valence-electron chi connectivity index (χ4n) is 3.94. The summed E-state index contributed by atoms with van der Waals surface area (Å²) in [5, 5.41) is 9.66. The van der Waals surface area contributed by atoms with Crippen LogP contribution < -0.4 is 9.47 Å². The molecule has 0 fully saturated rings. The van der Waals surface area contributed by atoms with Gasteiger partial charge in [0.05, 0.1) is 22.2 Å². The molecular formula is C23H19BrF3NO4. The van der Waals surface area contributed by atoms with Crippen LogP contribution in [0.4, 0.5) is 13.2 Å². The van der Waals surface area contributed by atoms with E-state index >= 15 is 0 Å². The molecule has 1 aliphatic rings. The lowest BCUT2D eigenvalue weighted by Gasteiger charge is -2.32. The Morgan fingerprint density at radius 2 is 1.97 bits per heavy atom. The summed E-state index contributed by atoms with van der Waals surface area (Å²) in [5.74, 6) is -0.120. The van der Waals surface area contributed by atoms with Crippen molar-refractivity contribution in [1.29, 1.82) is 0 Å². The van der Waals surface area contributed by atoms with Crippen molar-refractivity contribution in [2.24, 2.45) is 0 Å². The number of carbonyl (C=O) groups excluding carboxylic acids is 1. The predicted molar refractivity (Wildman–Crippen MR) is 116 cm³/mol. The van der Waals surface area contributed by atoms with Crippen LogP contribution in [0.2, 0.25) is 0 Å². The van der Waals surface area contributed by atoms with Crippen molar-refractivity contribution in [2.75, 3.05) is 13.2 Å². The monoisotopic (exact) mass is 509 g/mol. The molecule has 0 unspecified atom stereocenters. The number of nitrogens with one attached hydrogen (secondary N) is 1. The highest BCUT2D eigenvalue weighted by Crippen LogP contribution is 2.46. The van der Waals surface area contributed by atoms with Crippen LogP contribution in [0.5, 0.6) is 11.5 Å². The highest BCUT2D eigenvalue weighted by atomic mass is 79.9. The molecular weight excluding hydrogens is 491 g/mol. The molecule has 0 saturated heterocycles. The van der Waals surface area contributed by atoms with E-state index in [4.69, 9.17) is 9.84 Å². The van der Waals surface area contributed by atoms with Crippen molar-refractivity contribution in [1.82, 2.24) is 4.98 Å². The first-order valence-electron chi connectivity index (χ1n) is 9.63. The first-order valence-corrected chi connectivity index (χ1v) is 10.4. The Bertz CT molecular complexity index is 1260. The van der Waals surface area contributed by atoms with Gasteiger partial charge in [-0.15, -0.1) is 13.2 Å². The third-order valence-electron chi connectivity index (χ3n) is 5.50. The van der Waals surface area contributed by atoms with Gasteiger partial charge in [0.15, 0.2) is 5.78 Å². The molecule has 9 heteroatoms. The molecule has 5 nitrogen and oxygen atoms in total. The summed E-state index contributed by atoms with van der Waals surface area (Å²) in [5.41, 5.74) is 2.41. The maximum Gasteiger partial charge on any atom is 0.573 e. The molecule has 0 spiro atoms. The van der Waals surface area contributed by atoms with E-state index in [1.54, 1.807) is 12.1 Å². The number of alkyl halides is 3. The third-order valence-corrected chi connectivity index (χ3v) is 6.12. The number of rotatable bonds is 5. The van der Waals surface area contributed by atoms with Crippen molar-refractivity contribution in [2.45, 2.75) is 25.6 Å². The molecule has 2 N–H and O–H groups in total. The number of H-pyrrole nitrogens is 1. The van der Waals surface area contributed by atoms with E-state index in [1.165, 1.54) is 18.2 Å². The minimum atomic E-state index is -4.81. The molecule has 1 aromatic heterocycles. The van der Waals surface area contributed by atoms with Crippen LogP contribution in [-0.4, -0.2) is 35.4 Å². The average molecular weight is 510 g/mol. The number of fused-ring (bicyclic) bond motifs is 4. The van der Waals surface area contributed by atoms with E-state index in [-0.39, 0.29) is 24.7 Å². The van der Waals surface area contributed by atoms with Gasteiger partial charge in [-0.3, -0.25) is 4.79 Å². The number of hydrogen-bond acceptors (Lipinski definition) is 4. The van der Waals surface area contributed by atoms with Crippen LogP contribution >= 0.6 is 15.9 Å². The lowest BCUT2D eigenvalue weighted by Crippen LogP contribution is -2.30. The Labute approximate surface area is 190 Å². The van der Waals surface area contributed by atoms with Crippen molar-refractivity contribution < 1.29 is 32.5 Å². The van der Waals surface area contributed by atoms with Crippen LogP contribution in [-0.2, 0) is 5.41 Å². The first-order chi connectivity index (χ1) is 14.9. The smallest absolute Gasteiger partial charge is 0.488 e. The van der Waals surface area contributed by atoms with Gasteiger partial charge in [-0.1, -0.05) is 20.4 Å². The minimum absolute atomic E-state index is 0.113. The van der Waals surface area contributed by atoms with E-state index in [2.05, 4.69) is 32.2 Å².